The first kappa shape index (κ1) is 17.6. The molecule has 2 aromatic rings. The highest BCUT2D eigenvalue weighted by atomic mass is 16.2. The molecule has 0 radical (unpaired) electrons. The minimum absolute atomic E-state index is 0.260. The number of amides is 1. The van der Waals surface area contributed by atoms with Crippen LogP contribution < -0.4 is 0 Å². The Hall–Kier alpha value is -2.20. The van der Waals surface area contributed by atoms with E-state index in [4.69, 9.17) is 0 Å². The van der Waals surface area contributed by atoms with E-state index in [1.165, 1.54) is 5.56 Å². The fraction of sp³-hybridized carbons (Fsp3) is 0.429. The molecule has 0 unspecified atom stereocenters. The maximum Gasteiger partial charge on any atom is 0.224 e. The molecule has 3 rings (SSSR count). The number of hydrogen-bond donors (Lipinski definition) is 0. The van der Waals surface area contributed by atoms with E-state index in [1.54, 1.807) is 12.4 Å². The molecule has 1 saturated heterocycles. The van der Waals surface area contributed by atoms with Crippen molar-refractivity contribution in [3.63, 3.8) is 0 Å². The summed E-state index contributed by atoms with van der Waals surface area (Å²) in [4.78, 5) is 20.9. The Morgan fingerprint density at radius 1 is 1.04 bits per heavy atom. The average molecular weight is 337 g/mol. The molecule has 0 spiro atoms. The fourth-order valence-electron chi connectivity index (χ4n) is 3.33. The molecule has 0 saturated carbocycles. The molecule has 1 aliphatic rings. The second kappa shape index (κ2) is 8.77. The zero-order valence-electron chi connectivity index (χ0n) is 15.0. The van der Waals surface area contributed by atoms with Gasteiger partial charge in [-0.2, -0.15) is 0 Å². The van der Waals surface area contributed by atoms with Crippen molar-refractivity contribution in [1.29, 1.82) is 0 Å². The van der Waals surface area contributed by atoms with E-state index in [1.807, 2.05) is 17.0 Å². The molecule has 4 heteroatoms. The van der Waals surface area contributed by atoms with Crippen LogP contribution in [0, 0.1) is 0 Å². The third-order valence-corrected chi connectivity index (χ3v) is 5.05. The Morgan fingerprint density at radius 2 is 1.80 bits per heavy atom. The summed E-state index contributed by atoms with van der Waals surface area (Å²) in [5, 5.41) is 0. The largest absolute Gasteiger partial charge is 0.337 e. The normalized spacial score (nSPS) is 17.3. The van der Waals surface area contributed by atoms with Gasteiger partial charge in [0.05, 0.1) is 0 Å². The summed E-state index contributed by atoms with van der Waals surface area (Å²) in [6.07, 6.45) is 5.32. The molecule has 1 amide bonds. The number of carbonyl (C=O) groups is 1. The number of carbonyl (C=O) groups excluding carboxylic acids is 1. The SMILES string of the molecule is C[C@@H](CCN1CCC(=O)N(Cc2ccncc2)CC1)c1ccccc1. The third kappa shape index (κ3) is 5.13. The van der Waals surface area contributed by atoms with Gasteiger partial charge in [-0.3, -0.25) is 9.78 Å². The van der Waals surface area contributed by atoms with Crippen LogP contribution in [0.3, 0.4) is 0 Å². The first-order valence-corrected chi connectivity index (χ1v) is 9.16. The molecule has 132 valence electrons. The smallest absolute Gasteiger partial charge is 0.224 e. The van der Waals surface area contributed by atoms with E-state index in [-0.39, 0.29) is 5.91 Å². The van der Waals surface area contributed by atoms with Crippen molar-refractivity contribution >= 4 is 5.91 Å². The van der Waals surface area contributed by atoms with Crippen LogP contribution in [0.4, 0.5) is 0 Å². The maximum absolute atomic E-state index is 12.4. The van der Waals surface area contributed by atoms with Crippen LogP contribution in [-0.4, -0.2) is 46.9 Å². The maximum atomic E-state index is 12.4. The summed E-state index contributed by atoms with van der Waals surface area (Å²) in [7, 11) is 0. The molecule has 1 aliphatic heterocycles. The van der Waals surface area contributed by atoms with Gasteiger partial charge >= 0.3 is 0 Å². The van der Waals surface area contributed by atoms with Gasteiger partial charge in [0.15, 0.2) is 0 Å². The molecule has 4 nitrogen and oxygen atoms in total. The molecular weight excluding hydrogens is 310 g/mol. The summed E-state index contributed by atoms with van der Waals surface area (Å²) < 4.78 is 0. The summed E-state index contributed by atoms with van der Waals surface area (Å²) in [6.45, 7) is 6.66. The van der Waals surface area contributed by atoms with Crippen molar-refractivity contribution in [2.45, 2.75) is 32.2 Å². The summed E-state index contributed by atoms with van der Waals surface area (Å²) >= 11 is 0. The number of nitrogens with zero attached hydrogens (tertiary/aromatic N) is 3. The summed E-state index contributed by atoms with van der Waals surface area (Å²) in [5.41, 5.74) is 2.54. The molecule has 2 heterocycles. The van der Waals surface area contributed by atoms with Crippen LogP contribution in [0.2, 0.25) is 0 Å². The van der Waals surface area contributed by atoms with Gasteiger partial charge in [-0.05, 0) is 42.1 Å². The molecule has 1 aromatic carbocycles. The molecule has 0 bridgehead atoms. The highest BCUT2D eigenvalue weighted by Crippen LogP contribution is 2.19. The number of pyridine rings is 1. The lowest BCUT2D eigenvalue weighted by molar-refractivity contribution is -0.130. The number of rotatable bonds is 6. The standard InChI is InChI=1S/C21H27N3O/c1-18(20-5-3-2-4-6-20)9-13-23-14-10-21(25)24(16-15-23)17-19-7-11-22-12-8-19/h2-8,11-12,18H,9-10,13-17H2,1H3/t18-/m0/s1. The van der Waals surface area contributed by atoms with Gasteiger partial charge < -0.3 is 9.80 Å². The van der Waals surface area contributed by atoms with Crippen molar-refractivity contribution in [2.24, 2.45) is 0 Å². The van der Waals surface area contributed by atoms with Crippen LogP contribution in [0.1, 0.15) is 36.8 Å². The van der Waals surface area contributed by atoms with Gasteiger partial charge in [-0.25, -0.2) is 0 Å². The predicted octanol–water partition coefficient (Wildman–Crippen LogP) is 3.31. The third-order valence-electron chi connectivity index (χ3n) is 5.05. The number of hydrogen-bond acceptors (Lipinski definition) is 3. The Kier molecular flexibility index (Phi) is 6.18. The van der Waals surface area contributed by atoms with Gasteiger partial charge in [0.25, 0.3) is 0 Å². The Bertz CT molecular complexity index is 659. The lowest BCUT2D eigenvalue weighted by Crippen LogP contribution is -2.33. The number of benzene rings is 1. The quantitative estimate of drug-likeness (QED) is 0.811. The van der Waals surface area contributed by atoms with E-state index in [0.717, 1.165) is 38.2 Å². The highest BCUT2D eigenvalue weighted by molar-refractivity contribution is 5.76. The van der Waals surface area contributed by atoms with Crippen LogP contribution in [0.25, 0.3) is 0 Å². The predicted molar refractivity (Wildman–Crippen MR) is 100 cm³/mol. The van der Waals surface area contributed by atoms with Gasteiger partial charge in [-0.15, -0.1) is 0 Å². The Labute approximate surface area is 150 Å². The van der Waals surface area contributed by atoms with E-state index < -0.39 is 0 Å². The van der Waals surface area contributed by atoms with Crippen molar-refractivity contribution in [1.82, 2.24) is 14.8 Å². The van der Waals surface area contributed by atoms with Crippen LogP contribution in [0.5, 0.6) is 0 Å². The first-order valence-electron chi connectivity index (χ1n) is 9.16. The molecule has 1 atom stereocenters. The minimum Gasteiger partial charge on any atom is -0.337 e. The van der Waals surface area contributed by atoms with Gasteiger partial charge in [0.1, 0.15) is 0 Å². The van der Waals surface area contributed by atoms with Crippen LogP contribution in [0.15, 0.2) is 54.9 Å². The van der Waals surface area contributed by atoms with Gasteiger partial charge in [-0.1, -0.05) is 37.3 Å². The lowest BCUT2D eigenvalue weighted by Gasteiger charge is -2.23. The van der Waals surface area contributed by atoms with Gasteiger partial charge in [0.2, 0.25) is 5.91 Å². The first-order chi connectivity index (χ1) is 12.2. The Balaban J connectivity index is 1.50. The monoisotopic (exact) mass is 337 g/mol. The van der Waals surface area contributed by atoms with Crippen molar-refractivity contribution in [2.75, 3.05) is 26.2 Å². The van der Waals surface area contributed by atoms with E-state index in [0.29, 0.717) is 18.9 Å². The average Bonchev–Trinajstić information content (AvgIpc) is 2.83. The van der Waals surface area contributed by atoms with Gasteiger partial charge in [0, 0.05) is 45.0 Å². The van der Waals surface area contributed by atoms with E-state index in [2.05, 4.69) is 47.1 Å². The van der Waals surface area contributed by atoms with Crippen molar-refractivity contribution in [3.05, 3.63) is 66.0 Å². The second-order valence-electron chi connectivity index (χ2n) is 6.86. The van der Waals surface area contributed by atoms with E-state index in [9.17, 15) is 4.79 Å². The van der Waals surface area contributed by atoms with Crippen LogP contribution >= 0.6 is 0 Å². The summed E-state index contributed by atoms with van der Waals surface area (Å²) in [6, 6.07) is 14.6. The molecule has 0 aliphatic carbocycles. The highest BCUT2D eigenvalue weighted by Gasteiger charge is 2.21. The van der Waals surface area contributed by atoms with Crippen LogP contribution in [-0.2, 0) is 11.3 Å². The molecular formula is C21H27N3O. The zero-order chi connectivity index (χ0) is 17.5. The minimum atomic E-state index is 0.260. The molecule has 0 N–H and O–H groups in total. The lowest BCUT2D eigenvalue weighted by atomic mass is 9.98. The zero-order valence-corrected chi connectivity index (χ0v) is 15.0. The van der Waals surface area contributed by atoms with Crippen molar-refractivity contribution in [3.8, 4) is 0 Å². The molecule has 1 fully saturated rings. The Morgan fingerprint density at radius 3 is 2.56 bits per heavy atom. The topological polar surface area (TPSA) is 36.4 Å². The van der Waals surface area contributed by atoms with E-state index >= 15 is 0 Å². The van der Waals surface area contributed by atoms with Crippen molar-refractivity contribution < 1.29 is 4.79 Å². The molecule has 25 heavy (non-hydrogen) atoms. The second-order valence-corrected chi connectivity index (χ2v) is 6.86. The fourth-order valence-corrected chi connectivity index (χ4v) is 3.33. The number of aromatic nitrogens is 1. The molecule has 1 aromatic heterocycles. The summed E-state index contributed by atoms with van der Waals surface area (Å²) in [5.74, 6) is 0.809.